The highest BCUT2D eigenvalue weighted by Gasteiger charge is 2.58. The third-order valence-electron chi connectivity index (χ3n) is 3.59. The number of hydrogen-bond donors (Lipinski definition) is 2. The Hall–Kier alpha value is -2.38. The molecule has 118 valence electrons. The summed E-state index contributed by atoms with van der Waals surface area (Å²) in [4.78, 5) is 46.4. The molecule has 0 aliphatic carbocycles. The molecule has 0 spiro atoms. The molecule has 0 aromatic heterocycles. The molecule has 0 rings (SSSR count). The normalized spacial score (nSPS) is 16.0. The van der Waals surface area contributed by atoms with Gasteiger partial charge in [-0.2, -0.15) is 0 Å². The van der Waals surface area contributed by atoms with E-state index in [0.29, 0.717) is 0 Å². The Labute approximate surface area is 121 Å². The van der Waals surface area contributed by atoms with E-state index in [1.807, 2.05) is 0 Å². The Bertz CT molecular complexity index is 457. The Morgan fingerprint density at radius 2 is 1.29 bits per heavy atom. The maximum absolute atomic E-state index is 11.8. The topological polar surface area (TPSA) is 127 Å². The number of rotatable bonds is 7. The molecule has 0 saturated heterocycles. The van der Waals surface area contributed by atoms with Gasteiger partial charge < -0.3 is 19.7 Å². The zero-order chi connectivity index (χ0) is 17.0. The van der Waals surface area contributed by atoms with Crippen LogP contribution in [-0.4, -0.2) is 48.3 Å². The molecule has 0 fully saturated rings. The lowest BCUT2D eigenvalue weighted by Gasteiger charge is -2.37. The second-order valence-corrected chi connectivity index (χ2v) is 4.45. The summed E-state index contributed by atoms with van der Waals surface area (Å²) in [5.74, 6) is -8.18. The first-order valence-electron chi connectivity index (χ1n) is 5.90. The molecular weight excluding hydrogens is 284 g/mol. The average molecular weight is 302 g/mol. The first kappa shape index (κ1) is 18.6. The second kappa shape index (κ2) is 6.87. The van der Waals surface area contributed by atoms with E-state index < -0.39 is 46.7 Å². The zero-order valence-electron chi connectivity index (χ0n) is 12.2. The van der Waals surface area contributed by atoms with Crippen LogP contribution in [0.25, 0.3) is 0 Å². The molecule has 2 atom stereocenters. The van der Waals surface area contributed by atoms with Crippen LogP contribution in [0.15, 0.2) is 12.2 Å². The molecule has 2 N–H and O–H groups in total. The number of hydrogen-bond acceptors (Lipinski definition) is 6. The van der Waals surface area contributed by atoms with Gasteiger partial charge >= 0.3 is 23.9 Å². The number of carboxylic acid groups (broad SMARTS) is 2. The summed E-state index contributed by atoms with van der Waals surface area (Å²) < 4.78 is 8.95. The van der Waals surface area contributed by atoms with Crippen molar-refractivity contribution in [3.05, 3.63) is 12.2 Å². The van der Waals surface area contributed by atoms with Gasteiger partial charge in [-0.25, -0.2) is 4.79 Å². The smallest absolute Gasteiger partial charge is 0.332 e. The number of carboxylic acids is 2. The van der Waals surface area contributed by atoms with E-state index in [0.717, 1.165) is 28.1 Å². The lowest BCUT2D eigenvalue weighted by Crippen LogP contribution is -2.52. The summed E-state index contributed by atoms with van der Waals surface area (Å²) in [6.45, 7) is 5.55. The molecular formula is C13H18O8. The minimum Gasteiger partial charge on any atom is -0.481 e. The first-order chi connectivity index (χ1) is 9.58. The van der Waals surface area contributed by atoms with E-state index in [1.54, 1.807) is 0 Å². The van der Waals surface area contributed by atoms with Gasteiger partial charge in [-0.3, -0.25) is 14.4 Å². The molecule has 0 aromatic rings. The number of carbonyl (C=O) groups is 4. The molecule has 0 radical (unpaired) electrons. The summed E-state index contributed by atoms with van der Waals surface area (Å²) in [6, 6.07) is 0. The SMILES string of the molecule is C=C(C(=O)O)C(C(=O)O)(C(C)C(=O)OC)C(C)C(=O)OC. The van der Waals surface area contributed by atoms with Crippen LogP contribution in [-0.2, 0) is 28.7 Å². The summed E-state index contributed by atoms with van der Waals surface area (Å²) in [6.07, 6.45) is 0. The predicted octanol–water partition coefficient (Wildman–Crippen LogP) is 0.316. The van der Waals surface area contributed by atoms with Crippen LogP contribution in [0.5, 0.6) is 0 Å². The fourth-order valence-electron chi connectivity index (χ4n) is 2.30. The van der Waals surface area contributed by atoms with Gasteiger partial charge in [0.25, 0.3) is 0 Å². The molecule has 21 heavy (non-hydrogen) atoms. The van der Waals surface area contributed by atoms with Crippen LogP contribution in [0, 0.1) is 17.3 Å². The van der Waals surface area contributed by atoms with Gasteiger partial charge in [-0.15, -0.1) is 0 Å². The van der Waals surface area contributed by atoms with E-state index in [1.165, 1.54) is 0 Å². The van der Waals surface area contributed by atoms with Crippen molar-refractivity contribution in [3.8, 4) is 0 Å². The number of esters is 2. The Balaban J connectivity index is 6.33. The van der Waals surface area contributed by atoms with Crippen LogP contribution < -0.4 is 0 Å². The molecule has 8 heteroatoms. The minimum absolute atomic E-state index is 0.800. The molecule has 0 aromatic carbocycles. The van der Waals surface area contributed by atoms with Gasteiger partial charge in [0.05, 0.1) is 26.1 Å². The van der Waals surface area contributed by atoms with Crippen LogP contribution in [0.1, 0.15) is 13.8 Å². The number of carbonyl (C=O) groups excluding carboxylic acids is 2. The average Bonchev–Trinajstić information content (AvgIpc) is 2.44. The van der Waals surface area contributed by atoms with Crippen molar-refractivity contribution in [2.45, 2.75) is 13.8 Å². The Morgan fingerprint density at radius 1 is 0.952 bits per heavy atom. The first-order valence-corrected chi connectivity index (χ1v) is 5.90. The summed E-state index contributed by atoms with van der Waals surface area (Å²) in [5, 5.41) is 18.6. The monoisotopic (exact) mass is 302 g/mol. The molecule has 0 amide bonds. The van der Waals surface area contributed by atoms with Crippen LogP contribution >= 0.6 is 0 Å². The van der Waals surface area contributed by atoms with E-state index in [2.05, 4.69) is 16.1 Å². The lowest BCUT2D eigenvalue weighted by molar-refractivity contribution is -0.172. The summed E-state index contributed by atoms with van der Waals surface area (Å²) in [5.41, 5.74) is -3.18. The minimum atomic E-state index is -2.38. The fraction of sp³-hybridized carbons (Fsp3) is 0.538. The number of methoxy groups -OCH3 is 2. The summed E-state index contributed by atoms with van der Waals surface area (Å²) >= 11 is 0. The highest BCUT2D eigenvalue weighted by Crippen LogP contribution is 2.44. The molecule has 0 saturated carbocycles. The Kier molecular flexibility index (Phi) is 6.09. The molecule has 2 unspecified atom stereocenters. The molecule has 0 heterocycles. The number of aliphatic carboxylic acids is 2. The van der Waals surface area contributed by atoms with Crippen LogP contribution in [0.4, 0.5) is 0 Å². The third-order valence-corrected chi connectivity index (χ3v) is 3.59. The van der Waals surface area contributed by atoms with Crippen molar-refractivity contribution in [2.24, 2.45) is 17.3 Å². The van der Waals surface area contributed by atoms with Crippen molar-refractivity contribution < 1.29 is 38.9 Å². The fourth-order valence-corrected chi connectivity index (χ4v) is 2.30. The third kappa shape index (κ3) is 3.04. The molecule has 0 aliphatic rings. The largest absolute Gasteiger partial charge is 0.481 e. The maximum atomic E-state index is 11.8. The van der Waals surface area contributed by atoms with E-state index in [4.69, 9.17) is 5.11 Å². The standard InChI is InChI=1S/C13H18O8/c1-6(9(14)15)13(12(18)19,7(2)10(16)20-4)8(3)11(17)21-5/h7-8H,1H2,2-5H3,(H,14,15)(H,18,19). The highest BCUT2D eigenvalue weighted by atomic mass is 16.5. The van der Waals surface area contributed by atoms with E-state index >= 15 is 0 Å². The van der Waals surface area contributed by atoms with Gasteiger partial charge in [-0.05, 0) is 0 Å². The van der Waals surface area contributed by atoms with Crippen molar-refractivity contribution in [3.63, 3.8) is 0 Å². The summed E-state index contributed by atoms with van der Waals surface area (Å²) in [7, 11) is 2.05. The zero-order valence-corrected chi connectivity index (χ0v) is 12.2. The second-order valence-electron chi connectivity index (χ2n) is 4.45. The van der Waals surface area contributed by atoms with Gasteiger partial charge in [0.1, 0.15) is 5.41 Å². The van der Waals surface area contributed by atoms with E-state index in [9.17, 15) is 24.3 Å². The molecule has 0 aliphatic heterocycles. The Morgan fingerprint density at radius 3 is 1.48 bits per heavy atom. The van der Waals surface area contributed by atoms with Crippen molar-refractivity contribution >= 4 is 23.9 Å². The van der Waals surface area contributed by atoms with Crippen molar-refractivity contribution in [1.82, 2.24) is 0 Å². The lowest BCUT2D eigenvalue weighted by atomic mass is 9.63. The van der Waals surface area contributed by atoms with Crippen molar-refractivity contribution in [1.29, 1.82) is 0 Å². The van der Waals surface area contributed by atoms with E-state index in [-0.39, 0.29) is 0 Å². The van der Waals surface area contributed by atoms with Gasteiger partial charge in [0.2, 0.25) is 0 Å². The maximum Gasteiger partial charge on any atom is 0.332 e. The predicted molar refractivity (Wildman–Crippen MR) is 69.2 cm³/mol. The quantitative estimate of drug-likeness (QED) is 0.508. The van der Waals surface area contributed by atoms with Gasteiger partial charge in [0.15, 0.2) is 0 Å². The number of ether oxygens (including phenoxy) is 2. The van der Waals surface area contributed by atoms with Crippen molar-refractivity contribution in [2.75, 3.05) is 14.2 Å². The van der Waals surface area contributed by atoms with Gasteiger partial charge in [-0.1, -0.05) is 20.4 Å². The van der Waals surface area contributed by atoms with Crippen LogP contribution in [0.2, 0.25) is 0 Å². The highest BCUT2D eigenvalue weighted by molar-refractivity contribution is 6.01. The van der Waals surface area contributed by atoms with Gasteiger partial charge in [0, 0.05) is 5.57 Å². The van der Waals surface area contributed by atoms with Crippen LogP contribution in [0.3, 0.4) is 0 Å². The molecule has 8 nitrogen and oxygen atoms in total. The molecule has 0 bridgehead atoms.